The van der Waals surface area contributed by atoms with Crippen LogP contribution in [-0.2, 0) is 4.79 Å². The fourth-order valence-corrected chi connectivity index (χ4v) is 1.81. The Balaban J connectivity index is 0.00000220. The maximum absolute atomic E-state index is 12.0. The second-order valence-corrected chi connectivity index (χ2v) is 4.42. The number of aromatic amines is 1. The van der Waals surface area contributed by atoms with Gasteiger partial charge in [-0.15, -0.1) is 12.4 Å². The number of nitrogens with zero attached hydrogens (tertiary/aromatic N) is 1. The first-order valence-corrected chi connectivity index (χ1v) is 5.91. The van der Waals surface area contributed by atoms with Crippen molar-refractivity contribution in [2.45, 2.75) is 6.92 Å². The number of nitrogens with one attached hydrogen (secondary N) is 3. The number of nitrogens with two attached hydrogens (primary N) is 1. The third-order valence-electron chi connectivity index (χ3n) is 2.84. The lowest BCUT2D eigenvalue weighted by molar-refractivity contribution is -0.114. The average Bonchev–Trinajstić information content (AvgIpc) is 2.79. The van der Waals surface area contributed by atoms with Gasteiger partial charge in [-0.25, -0.2) is 0 Å². The largest absolute Gasteiger partial charge is 0.370 e. The minimum atomic E-state index is -0.394. The van der Waals surface area contributed by atoms with Crippen LogP contribution in [0.5, 0.6) is 0 Å². The highest BCUT2D eigenvalue weighted by molar-refractivity contribution is 6.06. The summed E-state index contributed by atoms with van der Waals surface area (Å²) in [6.45, 7) is 1.43. The number of halogens is 1. The van der Waals surface area contributed by atoms with Crippen molar-refractivity contribution < 1.29 is 9.59 Å². The highest BCUT2D eigenvalue weighted by Crippen LogP contribution is 2.20. The summed E-state index contributed by atoms with van der Waals surface area (Å²) >= 11 is 0. The summed E-state index contributed by atoms with van der Waals surface area (Å²) in [6, 6.07) is 6.96. The maximum atomic E-state index is 12.0. The predicted molar refractivity (Wildman–Crippen MR) is 83.9 cm³/mol. The molecule has 0 aliphatic carbocycles. The van der Waals surface area contributed by atoms with Crippen LogP contribution in [0, 0.1) is 5.41 Å². The van der Waals surface area contributed by atoms with Crippen LogP contribution in [0.3, 0.4) is 0 Å². The number of hydrogen-bond acceptors (Lipinski definition) is 3. The van der Waals surface area contributed by atoms with Gasteiger partial charge in [0.25, 0.3) is 5.91 Å². The number of amides is 2. The van der Waals surface area contributed by atoms with E-state index in [1.165, 1.54) is 14.0 Å². The standard InChI is InChI=1S/C13H15N5O2.ClH/c1-7(19)16-9-4-3-8-5-11(17-10(8)6-9)12(20)18(2)13(14)15;/h3-6,17H,1-2H3,(H3,14,15)(H,16,19);1H. The number of guanidine groups is 1. The van der Waals surface area contributed by atoms with Crippen molar-refractivity contribution in [3.63, 3.8) is 0 Å². The molecule has 0 aliphatic heterocycles. The molecule has 8 heteroatoms. The van der Waals surface area contributed by atoms with Crippen LogP contribution >= 0.6 is 12.4 Å². The molecule has 112 valence electrons. The van der Waals surface area contributed by atoms with Crippen LogP contribution in [-0.4, -0.2) is 34.7 Å². The van der Waals surface area contributed by atoms with E-state index < -0.39 is 5.91 Å². The smallest absolute Gasteiger partial charge is 0.276 e. The van der Waals surface area contributed by atoms with E-state index in [-0.39, 0.29) is 24.3 Å². The number of carbonyl (C=O) groups is 2. The molecule has 0 aliphatic rings. The fraction of sp³-hybridized carbons (Fsp3) is 0.154. The van der Waals surface area contributed by atoms with Crippen molar-refractivity contribution in [2.75, 3.05) is 12.4 Å². The third kappa shape index (κ3) is 3.51. The van der Waals surface area contributed by atoms with Crippen LogP contribution < -0.4 is 11.1 Å². The maximum Gasteiger partial charge on any atom is 0.276 e. The van der Waals surface area contributed by atoms with Gasteiger partial charge < -0.3 is 16.0 Å². The number of carbonyl (C=O) groups excluding carboxylic acids is 2. The van der Waals surface area contributed by atoms with E-state index in [4.69, 9.17) is 11.1 Å². The first-order chi connectivity index (χ1) is 9.38. The highest BCUT2D eigenvalue weighted by atomic mass is 35.5. The van der Waals surface area contributed by atoms with Gasteiger partial charge in [0.05, 0.1) is 0 Å². The van der Waals surface area contributed by atoms with E-state index in [0.717, 1.165) is 15.8 Å². The number of anilines is 1. The summed E-state index contributed by atoms with van der Waals surface area (Å²) in [6.07, 6.45) is 0. The van der Waals surface area contributed by atoms with Gasteiger partial charge in [0.15, 0.2) is 5.96 Å². The normalized spacial score (nSPS) is 9.81. The Morgan fingerprint density at radius 3 is 2.57 bits per heavy atom. The zero-order chi connectivity index (χ0) is 14.9. The Labute approximate surface area is 127 Å². The highest BCUT2D eigenvalue weighted by Gasteiger charge is 2.16. The predicted octanol–water partition coefficient (Wildman–Crippen LogP) is 1.51. The summed E-state index contributed by atoms with van der Waals surface area (Å²) in [5.41, 5.74) is 6.97. The number of H-pyrrole nitrogens is 1. The van der Waals surface area contributed by atoms with E-state index in [2.05, 4.69) is 10.3 Å². The molecule has 0 unspecified atom stereocenters. The van der Waals surface area contributed by atoms with Gasteiger partial charge in [-0.1, -0.05) is 6.07 Å². The molecule has 5 N–H and O–H groups in total. The molecule has 1 aromatic carbocycles. The van der Waals surface area contributed by atoms with Crippen LogP contribution in [0.4, 0.5) is 5.69 Å². The zero-order valence-corrected chi connectivity index (χ0v) is 12.4. The SMILES string of the molecule is CC(=O)Nc1ccc2cc(C(=O)N(C)C(=N)N)[nH]c2c1.Cl. The molecular weight excluding hydrogens is 294 g/mol. The average molecular weight is 310 g/mol. The minimum Gasteiger partial charge on any atom is -0.370 e. The molecule has 0 radical (unpaired) electrons. The second-order valence-electron chi connectivity index (χ2n) is 4.42. The molecule has 0 spiro atoms. The van der Waals surface area contributed by atoms with E-state index in [1.807, 2.05) is 0 Å². The molecule has 1 heterocycles. The molecule has 2 rings (SSSR count). The van der Waals surface area contributed by atoms with Crippen molar-refractivity contribution >= 4 is 46.8 Å². The van der Waals surface area contributed by atoms with Crippen LogP contribution in [0.25, 0.3) is 10.9 Å². The molecule has 0 saturated heterocycles. The molecular formula is C13H16ClN5O2. The number of aromatic nitrogens is 1. The summed E-state index contributed by atoms with van der Waals surface area (Å²) in [7, 11) is 1.43. The second kappa shape index (κ2) is 6.27. The quantitative estimate of drug-likeness (QED) is 0.498. The zero-order valence-electron chi connectivity index (χ0n) is 11.6. The Hall–Kier alpha value is -2.54. The van der Waals surface area contributed by atoms with Gasteiger partial charge >= 0.3 is 0 Å². The molecule has 1 aromatic heterocycles. The van der Waals surface area contributed by atoms with Crippen molar-refractivity contribution in [1.82, 2.24) is 9.88 Å². The van der Waals surface area contributed by atoms with Crippen LogP contribution in [0.15, 0.2) is 24.3 Å². The van der Waals surface area contributed by atoms with E-state index in [1.54, 1.807) is 24.3 Å². The monoisotopic (exact) mass is 309 g/mol. The summed E-state index contributed by atoms with van der Waals surface area (Å²) in [4.78, 5) is 27.0. The van der Waals surface area contributed by atoms with Gasteiger partial charge in [-0.3, -0.25) is 19.9 Å². The molecule has 0 saturated carbocycles. The number of hydrogen-bond donors (Lipinski definition) is 4. The molecule has 7 nitrogen and oxygen atoms in total. The van der Waals surface area contributed by atoms with E-state index in [9.17, 15) is 9.59 Å². The first-order valence-electron chi connectivity index (χ1n) is 5.91. The Morgan fingerprint density at radius 2 is 2.00 bits per heavy atom. The Kier molecular flexibility index (Phi) is 4.93. The van der Waals surface area contributed by atoms with Crippen LogP contribution in [0.2, 0.25) is 0 Å². The molecule has 0 atom stereocenters. The number of rotatable bonds is 2. The van der Waals surface area contributed by atoms with Crippen molar-refractivity contribution in [3.8, 4) is 0 Å². The van der Waals surface area contributed by atoms with Gasteiger partial charge in [0.2, 0.25) is 5.91 Å². The topological polar surface area (TPSA) is 115 Å². The van der Waals surface area contributed by atoms with Gasteiger partial charge in [-0.2, -0.15) is 0 Å². The molecule has 0 bridgehead atoms. The summed E-state index contributed by atoms with van der Waals surface area (Å²) < 4.78 is 0. The lowest BCUT2D eigenvalue weighted by Gasteiger charge is -2.12. The van der Waals surface area contributed by atoms with Crippen molar-refractivity contribution in [3.05, 3.63) is 30.0 Å². The molecule has 0 fully saturated rings. The minimum absolute atomic E-state index is 0. The Bertz CT molecular complexity index is 710. The molecule has 21 heavy (non-hydrogen) atoms. The summed E-state index contributed by atoms with van der Waals surface area (Å²) in [5.74, 6) is -0.883. The fourth-order valence-electron chi connectivity index (χ4n) is 1.81. The summed E-state index contributed by atoms with van der Waals surface area (Å²) in [5, 5.41) is 10.7. The number of fused-ring (bicyclic) bond motifs is 1. The Morgan fingerprint density at radius 1 is 1.33 bits per heavy atom. The van der Waals surface area contributed by atoms with Gasteiger partial charge in [-0.05, 0) is 18.2 Å². The van der Waals surface area contributed by atoms with E-state index >= 15 is 0 Å². The van der Waals surface area contributed by atoms with E-state index in [0.29, 0.717) is 11.4 Å². The molecule has 2 amide bonds. The van der Waals surface area contributed by atoms with Gasteiger partial charge in [0, 0.05) is 30.6 Å². The van der Waals surface area contributed by atoms with Crippen molar-refractivity contribution in [2.24, 2.45) is 5.73 Å². The first kappa shape index (κ1) is 16.5. The lowest BCUT2D eigenvalue weighted by atomic mass is 10.2. The number of benzene rings is 1. The third-order valence-corrected chi connectivity index (χ3v) is 2.84. The molecule has 2 aromatic rings. The van der Waals surface area contributed by atoms with Crippen molar-refractivity contribution in [1.29, 1.82) is 5.41 Å². The van der Waals surface area contributed by atoms with Crippen LogP contribution in [0.1, 0.15) is 17.4 Å². The van der Waals surface area contributed by atoms with Gasteiger partial charge in [0.1, 0.15) is 5.69 Å². The lowest BCUT2D eigenvalue weighted by Crippen LogP contribution is -2.38.